The number of halogens is 4. The SMILES string of the molecule is O=C(N1CCC(F)(F)C1)[C@@]12CC[C@@H](C1)c1cc(-c3c(F)cccc3F)nnc12. The third kappa shape index (κ3) is 2.39. The number of fused-ring (bicyclic) bond motifs is 5. The van der Waals surface area contributed by atoms with Gasteiger partial charge in [-0.1, -0.05) is 6.07 Å². The normalized spacial score (nSPS) is 27.3. The summed E-state index contributed by atoms with van der Waals surface area (Å²) in [7, 11) is 0. The lowest BCUT2D eigenvalue weighted by Gasteiger charge is -2.30. The number of carbonyl (C=O) groups excluding carboxylic acids is 1. The molecule has 1 saturated heterocycles. The van der Waals surface area contributed by atoms with Gasteiger partial charge in [0.25, 0.3) is 5.92 Å². The largest absolute Gasteiger partial charge is 0.336 e. The van der Waals surface area contributed by atoms with Crippen molar-refractivity contribution >= 4 is 5.91 Å². The smallest absolute Gasteiger partial charge is 0.267 e. The van der Waals surface area contributed by atoms with Crippen molar-refractivity contribution in [2.45, 2.75) is 42.9 Å². The van der Waals surface area contributed by atoms with Crippen LogP contribution in [0.15, 0.2) is 24.3 Å². The summed E-state index contributed by atoms with van der Waals surface area (Å²) in [6.07, 6.45) is 1.41. The van der Waals surface area contributed by atoms with Crippen molar-refractivity contribution in [3.63, 3.8) is 0 Å². The van der Waals surface area contributed by atoms with Gasteiger partial charge >= 0.3 is 0 Å². The molecule has 0 unspecified atom stereocenters. The van der Waals surface area contributed by atoms with Gasteiger partial charge in [0.15, 0.2) is 0 Å². The van der Waals surface area contributed by atoms with Gasteiger partial charge in [-0.25, -0.2) is 17.6 Å². The van der Waals surface area contributed by atoms with E-state index in [1.165, 1.54) is 11.0 Å². The lowest BCUT2D eigenvalue weighted by Crippen LogP contribution is -2.45. The third-order valence-corrected chi connectivity index (χ3v) is 6.32. The van der Waals surface area contributed by atoms with Gasteiger partial charge in [0, 0.05) is 13.0 Å². The summed E-state index contributed by atoms with van der Waals surface area (Å²) in [6.45, 7) is -0.543. The molecule has 2 fully saturated rings. The highest BCUT2D eigenvalue weighted by Crippen LogP contribution is 2.57. The number of carbonyl (C=O) groups is 1. The minimum Gasteiger partial charge on any atom is -0.336 e. The van der Waals surface area contributed by atoms with Gasteiger partial charge in [-0.3, -0.25) is 4.79 Å². The number of hydrogen-bond donors (Lipinski definition) is 0. The number of aromatic nitrogens is 2. The third-order valence-electron chi connectivity index (χ3n) is 6.32. The molecule has 0 radical (unpaired) electrons. The molecule has 0 spiro atoms. The van der Waals surface area contributed by atoms with Crippen molar-refractivity contribution in [2.24, 2.45) is 0 Å². The maximum atomic E-state index is 14.1. The summed E-state index contributed by atoms with van der Waals surface area (Å²) in [6, 6.07) is 5.17. The van der Waals surface area contributed by atoms with Crippen LogP contribution in [0.1, 0.15) is 42.9 Å². The molecule has 2 aliphatic carbocycles. The highest BCUT2D eigenvalue weighted by Gasteiger charge is 2.58. The molecular weight excluding hydrogens is 374 g/mol. The summed E-state index contributed by atoms with van der Waals surface area (Å²) in [5, 5.41) is 8.18. The van der Waals surface area contributed by atoms with Crippen molar-refractivity contribution in [2.75, 3.05) is 13.1 Å². The topological polar surface area (TPSA) is 46.1 Å². The second kappa shape index (κ2) is 5.75. The number of hydrogen-bond acceptors (Lipinski definition) is 3. The number of benzene rings is 1. The highest BCUT2D eigenvalue weighted by molar-refractivity contribution is 5.90. The Kier molecular flexibility index (Phi) is 3.61. The van der Waals surface area contributed by atoms with E-state index in [9.17, 15) is 22.4 Å². The molecule has 1 aromatic carbocycles. The lowest BCUT2D eigenvalue weighted by atomic mass is 9.81. The predicted octanol–water partition coefficient (Wildman–Crippen LogP) is 3.81. The second-order valence-electron chi connectivity index (χ2n) is 7.98. The van der Waals surface area contributed by atoms with E-state index in [0.717, 1.165) is 17.7 Å². The Balaban J connectivity index is 1.54. The molecule has 2 atom stereocenters. The average Bonchev–Trinajstić information content (AvgIpc) is 3.33. The zero-order valence-electron chi connectivity index (χ0n) is 14.9. The summed E-state index contributed by atoms with van der Waals surface area (Å²) < 4.78 is 55.4. The fourth-order valence-electron chi connectivity index (χ4n) is 4.99. The van der Waals surface area contributed by atoms with E-state index in [0.29, 0.717) is 25.0 Å². The number of rotatable bonds is 2. The van der Waals surface area contributed by atoms with Crippen LogP contribution in [0.2, 0.25) is 0 Å². The zero-order valence-corrected chi connectivity index (χ0v) is 14.9. The zero-order chi connectivity index (χ0) is 19.7. The Morgan fingerprint density at radius 1 is 1.14 bits per heavy atom. The molecule has 2 bridgehead atoms. The maximum absolute atomic E-state index is 14.1. The quantitative estimate of drug-likeness (QED) is 0.732. The summed E-state index contributed by atoms with van der Waals surface area (Å²) in [5.41, 5.74) is 0.111. The summed E-state index contributed by atoms with van der Waals surface area (Å²) in [4.78, 5) is 14.4. The van der Waals surface area contributed by atoms with E-state index in [-0.39, 0.29) is 36.0 Å². The maximum Gasteiger partial charge on any atom is 0.267 e. The Morgan fingerprint density at radius 2 is 1.89 bits per heavy atom. The average molecular weight is 391 g/mol. The van der Waals surface area contributed by atoms with Gasteiger partial charge in [0.2, 0.25) is 5.91 Å². The van der Waals surface area contributed by atoms with Gasteiger partial charge in [-0.15, -0.1) is 5.10 Å². The monoisotopic (exact) mass is 391 g/mol. The van der Waals surface area contributed by atoms with Crippen molar-refractivity contribution in [1.29, 1.82) is 0 Å². The Bertz CT molecular complexity index is 975. The molecular formula is C20H17F4N3O. The fourth-order valence-corrected chi connectivity index (χ4v) is 4.99. The van der Waals surface area contributed by atoms with Gasteiger partial charge < -0.3 is 4.90 Å². The number of amides is 1. The van der Waals surface area contributed by atoms with E-state index in [4.69, 9.17) is 0 Å². The second-order valence-corrected chi connectivity index (χ2v) is 7.98. The molecule has 5 rings (SSSR count). The standard InChI is InChI=1S/C20H17F4N3O/c21-13-2-1-3-14(22)16(13)15-8-12-11-4-5-19(9-11,17(12)26-25-15)18(28)27-7-6-20(23,24)10-27/h1-3,8,11H,4-7,9-10H2/t11-,19-/m0/s1. The van der Waals surface area contributed by atoms with Gasteiger partial charge in [-0.05, 0) is 48.9 Å². The Morgan fingerprint density at radius 3 is 2.57 bits per heavy atom. The van der Waals surface area contributed by atoms with Crippen LogP contribution < -0.4 is 0 Å². The van der Waals surface area contributed by atoms with Crippen molar-refractivity contribution in [3.05, 3.63) is 47.2 Å². The minimum absolute atomic E-state index is 0.0196. The van der Waals surface area contributed by atoms with Crippen LogP contribution in [0.3, 0.4) is 0 Å². The van der Waals surface area contributed by atoms with E-state index in [2.05, 4.69) is 10.2 Å². The van der Waals surface area contributed by atoms with E-state index in [1.807, 2.05) is 0 Å². The van der Waals surface area contributed by atoms with E-state index >= 15 is 0 Å². The first-order valence-corrected chi connectivity index (χ1v) is 9.30. The van der Waals surface area contributed by atoms with Gasteiger partial charge in [0.1, 0.15) is 11.6 Å². The first kappa shape index (κ1) is 17.6. The molecule has 3 aliphatic rings. The first-order valence-electron chi connectivity index (χ1n) is 9.30. The fraction of sp³-hybridized carbons (Fsp3) is 0.450. The Hall–Kier alpha value is -2.51. The molecule has 4 nitrogen and oxygen atoms in total. The van der Waals surface area contributed by atoms with Crippen molar-refractivity contribution < 1.29 is 22.4 Å². The minimum atomic E-state index is -2.86. The van der Waals surface area contributed by atoms with Gasteiger partial charge in [-0.2, -0.15) is 5.10 Å². The van der Waals surface area contributed by atoms with Crippen LogP contribution in [0.5, 0.6) is 0 Å². The van der Waals surface area contributed by atoms with Crippen molar-refractivity contribution in [1.82, 2.24) is 15.1 Å². The molecule has 8 heteroatoms. The molecule has 2 aromatic rings. The Labute approximate surface area is 158 Å². The summed E-state index contributed by atoms with van der Waals surface area (Å²) >= 11 is 0. The first-order chi connectivity index (χ1) is 13.3. The number of alkyl halides is 2. The molecule has 146 valence electrons. The highest BCUT2D eigenvalue weighted by atomic mass is 19.3. The van der Waals surface area contributed by atoms with E-state index < -0.39 is 29.5 Å². The summed E-state index contributed by atoms with van der Waals surface area (Å²) in [5.74, 6) is -4.63. The molecule has 2 heterocycles. The number of likely N-dealkylation sites (tertiary alicyclic amines) is 1. The lowest BCUT2D eigenvalue weighted by molar-refractivity contribution is -0.137. The molecule has 1 amide bonds. The van der Waals surface area contributed by atoms with Crippen LogP contribution in [0.25, 0.3) is 11.3 Å². The van der Waals surface area contributed by atoms with Crippen LogP contribution in [-0.2, 0) is 10.2 Å². The molecule has 1 aliphatic heterocycles. The predicted molar refractivity (Wildman–Crippen MR) is 91.8 cm³/mol. The molecule has 1 saturated carbocycles. The number of nitrogens with zero attached hydrogens (tertiary/aromatic N) is 3. The molecule has 1 aromatic heterocycles. The molecule has 28 heavy (non-hydrogen) atoms. The van der Waals surface area contributed by atoms with Crippen LogP contribution in [-0.4, -0.2) is 40.0 Å². The van der Waals surface area contributed by atoms with Crippen LogP contribution >= 0.6 is 0 Å². The molecule has 0 N–H and O–H groups in total. The van der Waals surface area contributed by atoms with E-state index in [1.54, 1.807) is 6.07 Å². The van der Waals surface area contributed by atoms with Gasteiger partial charge in [0.05, 0.1) is 28.9 Å². The van der Waals surface area contributed by atoms with Crippen LogP contribution in [0.4, 0.5) is 17.6 Å². The van der Waals surface area contributed by atoms with Crippen molar-refractivity contribution in [3.8, 4) is 11.3 Å². The van der Waals surface area contributed by atoms with Crippen LogP contribution in [0, 0.1) is 11.6 Å².